The second-order valence-electron chi connectivity index (χ2n) is 5.25. The molecular weight excluding hydrogens is 242 g/mol. The van der Waals surface area contributed by atoms with Crippen LogP contribution in [0.25, 0.3) is 0 Å². The number of aromatic nitrogens is 2. The molecule has 19 heavy (non-hydrogen) atoms. The zero-order chi connectivity index (χ0) is 13.1. The van der Waals surface area contributed by atoms with Gasteiger partial charge in [-0.25, -0.2) is 4.98 Å². The van der Waals surface area contributed by atoms with E-state index in [2.05, 4.69) is 22.2 Å². The third-order valence-corrected chi connectivity index (χ3v) is 3.39. The van der Waals surface area contributed by atoms with Gasteiger partial charge >= 0.3 is 0 Å². The van der Waals surface area contributed by atoms with Crippen molar-refractivity contribution >= 4 is 5.82 Å². The molecule has 1 atom stereocenters. The number of ether oxygens (including phenoxy) is 2. The molecule has 104 valence electrons. The summed E-state index contributed by atoms with van der Waals surface area (Å²) in [5, 5.41) is 3.32. The second kappa shape index (κ2) is 5.74. The number of nitrogens with zero attached hydrogens (tertiary/aromatic N) is 2. The molecule has 0 radical (unpaired) electrons. The molecule has 1 aromatic rings. The third-order valence-electron chi connectivity index (χ3n) is 3.39. The Balaban J connectivity index is 1.74. The van der Waals surface area contributed by atoms with E-state index in [1.165, 1.54) is 12.8 Å². The van der Waals surface area contributed by atoms with Gasteiger partial charge in [0.1, 0.15) is 17.7 Å². The first-order valence-electron chi connectivity index (χ1n) is 7.22. The van der Waals surface area contributed by atoms with Gasteiger partial charge in [0.05, 0.1) is 13.2 Å². The average molecular weight is 263 g/mol. The predicted octanol–water partition coefficient (Wildman–Crippen LogP) is 2.34. The minimum Gasteiger partial charge on any atom is -0.472 e. The molecule has 0 spiro atoms. The Bertz CT molecular complexity index is 429. The summed E-state index contributed by atoms with van der Waals surface area (Å²) in [5.74, 6) is 3.03. The minimum absolute atomic E-state index is 0.140. The van der Waals surface area contributed by atoms with Crippen LogP contribution in [-0.4, -0.2) is 35.8 Å². The highest BCUT2D eigenvalue weighted by molar-refractivity contribution is 5.39. The molecule has 0 aromatic carbocycles. The third kappa shape index (κ3) is 3.35. The quantitative estimate of drug-likeness (QED) is 0.853. The minimum atomic E-state index is 0.140. The summed E-state index contributed by atoms with van der Waals surface area (Å²) < 4.78 is 11.2. The van der Waals surface area contributed by atoms with Gasteiger partial charge in [0.2, 0.25) is 5.88 Å². The number of nitrogens with one attached hydrogen (secondary N) is 1. The van der Waals surface area contributed by atoms with E-state index in [1.54, 1.807) is 0 Å². The fourth-order valence-electron chi connectivity index (χ4n) is 2.15. The highest BCUT2D eigenvalue weighted by Gasteiger charge is 2.28. The number of rotatable bonds is 6. The van der Waals surface area contributed by atoms with E-state index in [0.717, 1.165) is 37.6 Å². The first kappa shape index (κ1) is 12.7. The lowest BCUT2D eigenvalue weighted by Crippen LogP contribution is -2.17. The maximum Gasteiger partial charge on any atom is 0.219 e. The molecule has 0 amide bonds. The molecule has 1 saturated heterocycles. The van der Waals surface area contributed by atoms with Crippen LogP contribution in [0, 0.1) is 0 Å². The molecule has 1 aliphatic carbocycles. The van der Waals surface area contributed by atoms with Crippen molar-refractivity contribution in [2.45, 2.75) is 44.6 Å². The lowest BCUT2D eigenvalue weighted by Gasteiger charge is -2.13. The predicted molar refractivity (Wildman–Crippen MR) is 72.6 cm³/mol. The van der Waals surface area contributed by atoms with Gasteiger partial charge in [0.15, 0.2) is 0 Å². The lowest BCUT2D eigenvalue weighted by molar-refractivity contribution is 0.138. The molecule has 1 unspecified atom stereocenters. The lowest BCUT2D eigenvalue weighted by atomic mass is 10.3. The van der Waals surface area contributed by atoms with Crippen molar-refractivity contribution in [1.29, 1.82) is 0 Å². The van der Waals surface area contributed by atoms with Crippen LogP contribution in [0.1, 0.15) is 44.3 Å². The van der Waals surface area contributed by atoms with E-state index in [0.29, 0.717) is 18.4 Å². The molecule has 2 heterocycles. The molecule has 0 bridgehead atoms. The molecule has 2 fully saturated rings. The van der Waals surface area contributed by atoms with Gasteiger partial charge in [0, 0.05) is 24.9 Å². The molecular formula is C14H21N3O2. The van der Waals surface area contributed by atoms with Crippen molar-refractivity contribution < 1.29 is 9.47 Å². The van der Waals surface area contributed by atoms with E-state index >= 15 is 0 Å². The molecule has 5 heteroatoms. The summed E-state index contributed by atoms with van der Waals surface area (Å²) >= 11 is 0. The normalized spacial score (nSPS) is 22.5. The zero-order valence-corrected chi connectivity index (χ0v) is 11.4. The smallest absolute Gasteiger partial charge is 0.219 e. The Kier molecular flexibility index (Phi) is 3.82. The monoisotopic (exact) mass is 263 g/mol. The largest absolute Gasteiger partial charge is 0.472 e. The van der Waals surface area contributed by atoms with Crippen LogP contribution in [0.3, 0.4) is 0 Å². The van der Waals surface area contributed by atoms with Gasteiger partial charge in [-0.1, -0.05) is 6.92 Å². The summed E-state index contributed by atoms with van der Waals surface area (Å²) in [6.07, 6.45) is 4.56. The van der Waals surface area contributed by atoms with Crippen molar-refractivity contribution in [2.24, 2.45) is 0 Å². The molecule has 1 N–H and O–H groups in total. The van der Waals surface area contributed by atoms with Gasteiger partial charge in [-0.2, -0.15) is 4.98 Å². The number of anilines is 1. The van der Waals surface area contributed by atoms with Crippen LogP contribution in [0.15, 0.2) is 6.07 Å². The Morgan fingerprint density at radius 3 is 2.95 bits per heavy atom. The van der Waals surface area contributed by atoms with Crippen LogP contribution in [0.5, 0.6) is 5.88 Å². The average Bonchev–Trinajstić information content (AvgIpc) is 3.16. The Morgan fingerprint density at radius 2 is 2.26 bits per heavy atom. The second-order valence-corrected chi connectivity index (χ2v) is 5.25. The van der Waals surface area contributed by atoms with Crippen molar-refractivity contribution in [3.8, 4) is 5.88 Å². The Hall–Kier alpha value is -1.36. The fraction of sp³-hybridized carbons (Fsp3) is 0.714. The first-order chi connectivity index (χ1) is 9.35. The van der Waals surface area contributed by atoms with Crippen molar-refractivity contribution in [3.63, 3.8) is 0 Å². The summed E-state index contributed by atoms with van der Waals surface area (Å²) in [6.45, 7) is 4.52. The van der Waals surface area contributed by atoms with Crippen molar-refractivity contribution in [1.82, 2.24) is 9.97 Å². The molecule has 3 rings (SSSR count). The van der Waals surface area contributed by atoms with E-state index in [-0.39, 0.29) is 6.10 Å². The highest BCUT2D eigenvalue weighted by atomic mass is 16.5. The maximum atomic E-state index is 5.90. The Labute approximate surface area is 113 Å². The maximum absolute atomic E-state index is 5.90. The molecule has 2 aliphatic rings. The molecule has 1 aromatic heterocycles. The SMILES string of the molecule is CCCNc1cc(OC2CCOC2)nc(C2CC2)n1. The van der Waals surface area contributed by atoms with Crippen LogP contribution >= 0.6 is 0 Å². The van der Waals surface area contributed by atoms with Gasteiger partial charge in [-0.3, -0.25) is 0 Å². The summed E-state index contributed by atoms with van der Waals surface area (Å²) in [7, 11) is 0. The summed E-state index contributed by atoms with van der Waals surface area (Å²) in [5.41, 5.74) is 0. The van der Waals surface area contributed by atoms with Gasteiger partial charge in [-0.15, -0.1) is 0 Å². The van der Waals surface area contributed by atoms with E-state index in [9.17, 15) is 0 Å². The van der Waals surface area contributed by atoms with E-state index in [1.807, 2.05) is 6.07 Å². The summed E-state index contributed by atoms with van der Waals surface area (Å²) in [4.78, 5) is 9.11. The van der Waals surface area contributed by atoms with Gasteiger partial charge < -0.3 is 14.8 Å². The standard InChI is InChI=1S/C14H21N3O2/c1-2-6-15-12-8-13(19-11-5-7-18-9-11)17-14(16-12)10-3-4-10/h8,10-11H,2-7,9H2,1H3,(H,15,16,17). The highest BCUT2D eigenvalue weighted by Crippen LogP contribution is 2.39. The first-order valence-corrected chi connectivity index (χ1v) is 7.22. The van der Waals surface area contributed by atoms with Crippen LogP contribution in [0.2, 0.25) is 0 Å². The van der Waals surface area contributed by atoms with Crippen molar-refractivity contribution in [3.05, 3.63) is 11.9 Å². The topological polar surface area (TPSA) is 56.3 Å². The van der Waals surface area contributed by atoms with Gasteiger partial charge in [0.25, 0.3) is 0 Å². The van der Waals surface area contributed by atoms with Crippen LogP contribution in [-0.2, 0) is 4.74 Å². The van der Waals surface area contributed by atoms with Crippen LogP contribution < -0.4 is 10.1 Å². The van der Waals surface area contributed by atoms with E-state index in [4.69, 9.17) is 9.47 Å². The van der Waals surface area contributed by atoms with Gasteiger partial charge in [-0.05, 0) is 19.3 Å². The number of hydrogen-bond acceptors (Lipinski definition) is 5. The summed E-state index contributed by atoms with van der Waals surface area (Å²) in [6, 6.07) is 1.90. The zero-order valence-electron chi connectivity index (χ0n) is 11.4. The van der Waals surface area contributed by atoms with Crippen molar-refractivity contribution in [2.75, 3.05) is 25.1 Å². The number of hydrogen-bond donors (Lipinski definition) is 1. The fourth-order valence-corrected chi connectivity index (χ4v) is 2.15. The van der Waals surface area contributed by atoms with Crippen LogP contribution in [0.4, 0.5) is 5.82 Å². The molecule has 1 aliphatic heterocycles. The Morgan fingerprint density at radius 1 is 1.37 bits per heavy atom. The molecule has 1 saturated carbocycles. The van der Waals surface area contributed by atoms with E-state index < -0.39 is 0 Å². The molecule has 5 nitrogen and oxygen atoms in total.